The van der Waals surface area contributed by atoms with Crippen LogP contribution in [0.3, 0.4) is 0 Å². The number of benzene rings is 1. The molecule has 5 heteroatoms. The van der Waals surface area contributed by atoms with Crippen LogP contribution in [0.15, 0.2) is 18.2 Å². The predicted octanol–water partition coefficient (Wildman–Crippen LogP) is 8.75. The fourth-order valence-corrected chi connectivity index (χ4v) is 4.47. The van der Waals surface area contributed by atoms with E-state index in [1.54, 1.807) is 0 Å². The molecule has 0 atom stereocenters. The molecule has 0 heterocycles. The number of hydrogen-bond donors (Lipinski definition) is 2. The fourth-order valence-electron chi connectivity index (χ4n) is 3.11. The highest BCUT2D eigenvalue weighted by molar-refractivity contribution is 7.99. The van der Waals surface area contributed by atoms with Crippen LogP contribution in [0, 0.1) is 0 Å². The Morgan fingerprint density at radius 3 is 1.68 bits per heavy atom. The second kappa shape index (κ2) is 16.4. The van der Waals surface area contributed by atoms with Crippen LogP contribution in [-0.2, 0) is 10.8 Å². The zero-order chi connectivity index (χ0) is 23.9. The van der Waals surface area contributed by atoms with E-state index in [9.17, 15) is 0 Å². The predicted molar refractivity (Wildman–Crippen MR) is 141 cm³/mol. The maximum Gasteiger partial charge on any atom is 0.391 e. The van der Waals surface area contributed by atoms with Gasteiger partial charge in [-0.2, -0.15) is 11.8 Å². The standard InChI is InChI=1S/C14H23O3P.C12H26S/c1-13(2,3)10-7-8-12(17-18(15)16)11(9-10)14(4,5)6;1-3-5-7-9-11-13-12-10-8-6-4-2/h7-9,15-16H,1-6H3;3-12H2,1-2H3. The average Bonchev–Trinajstić information content (AvgIpc) is 2.65. The van der Waals surface area contributed by atoms with Crippen molar-refractivity contribution in [3.8, 4) is 5.75 Å². The zero-order valence-electron chi connectivity index (χ0n) is 21.5. The number of hydrogen-bond acceptors (Lipinski definition) is 4. The molecule has 2 N–H and O–H groups in total. The first-order chi connectivity index (χ1) is 14.4. The molecule has 0 amide bonds. The summed E-state index contributed by atoms with van der Waals surface area (Å²) in [6, 6.07) is 5.89. The van der Waals surface area contributed by atoms with Crippen molar-refractivity contribution in [2.75, 3.05) is 11.5 Å². The maximum absolute atomic E-state index is 9.02. The lowest BCUT2D eigenvalue weighted by molar-refractivity contribution is 0.369. The highest BCUT2D eigenvalue weighted by Gasteiger charge is 2.24. The molecule has 0 aliphatic heterocycles. The second-order valence-corrected chi connectivity index (χ2v) is 12.2. The van der Waals surface area contributed by atoms with Crippen molar-refractivity contribution in [3.63, 3.8) is 0 Å². The summed E-state index contributed by atoms with van der Waals surface area (Å²) < 4.78 is 5.12. The molecule has 1 aromatic carbocycles. The van der Waals surface area contributed by atoms with E-state index < -0.39 is 8.60 Å². The third kappa shape index (κ3) is 15.2. The Labute approximate surface area is 198 Å². The van der Waals surface area contributed by atoms with Gasteiger partial charge in [0.25, 0.3) is 0 Å². The lowest BCUT2D eigenvalue weighted by Crippen LogP contribution is -2.17. The van der Waals surface area contributed by atoms with E-state index >= 15 is 0 Å². The monoisotopic (exact) mass is 472 g/mol. The van der Waals surface area contributed by atoms with Crippen molar-refractivity contribution in [3.05, 3.63) is 29.3 Å². The van der Waals surface area contributed by atoms with E-state index in [4.69, 9.17) is 14.3 Å². The van der Waals surface area contributed by atoms with Gasteiger partial charge >= 0.3 is 8.60 Å². The molecular formula is C26H49O3PS. The summed E-state index contributed by atoms with van der Waals surface area (Å²) in [6.07, 6.45) is 11.3. The Kier molecular flexibility index (Phi) is 16.2. The van der Waals surface area contributed by atoms with Gasteiger partial charge in [0.1, 0.15) is 5.75 Å². The first kappa shape index (κ1) is 30.7. The van der Waals surface area contributed by atoms with Gasteiger partial charge in [0.15, 0.2) is 0 Å². The molecule has 0 bridgehead atoms. The van der Waals surface area contributed by atoms with Crippen LogP contribution in [0.5, 0.6) is 5.75 Å². The van der Waals surface area contributed by atoms with Crippen LogP contribution in [-0.4, -0.2) is 21.3 Å². The maximum atomic E-state index is 9.02. The van der Waals surface area contributed by atoms with E-state index in [1.165, 1.54) is 68.4 Å². The normalized spacial score (nSPS) is 12.0. The van der Waals surface area contributed by atoms with Gasteiger partial charge in [0.05, 0.1) is 0 Å². The molecule has 1 aromatic rings. The molecule has 0 saturated heterocycles. The Balaban J connectivity index is 0.000000615. The van der Waals surface area contributed by atoms with Gasteiger partial charge in [0, 0.05) is 5.56 Å². The highest BCUT2D eigenvalue weighted by Crippen LogP contribution is 2.39. The summed E-state index contributed by atoms with van der Waals surface area (Å²) in [4.78, 5) is 18.0. The minimum absolute atomic E-state index is 0.0572. The topological polar surface area (TPSA) is 49.7 Å². The number of unbranched alkanes of at least 4 members (excludes halogenated alkanes) is 6. The van der Waals surface area contributed by atoms with Crippen LogP contribution < -0.4 is 4.52 Å². The first-order valence-electron chi connectivity index (χ1n) is 12.0. The van der Waals surface area contributed by atoms with Crippen LogP contribution in [0.2, 0.25) is 0 Å². The van der Waals surface area contributed by atoms with Crippen LogP contribution in [0.1, 0.15) is 118 Å². The highest BCUT2D eigenvalue weighted by atomic mass is 32.2. The van der Waals surface area contributed by atoms with Crippen molar-refractivity contribution < 1.29 is 14.3 Å². The minimum Gasteiger partial charge on any atom is -0.427 e. The zero-order valence-corrected chi connectivity index (χ0v) is 23.2. The summed E-state index contributed by atoms with van der Waals surface area (Å²) in [6.45, 7) is 17.3. The van der Waals surface area contributed by atoms with E-state index in [1.807, 2.05) is 12.1 Å². The van der Waals surface area contributed by atoms with E-state index in [0.29, 0.717) is 5.75 Å². The lowest BCUT2D eigenvalue weighted by atomic mass is 9.80. The van der Waals surface area contributed by atoms with E-state index in [-0.39, 0.29) is 10.8 Å². The fraction of sp³-hybridized carbons (Fsp3) is 0.769. The summed E-state index contributed by atoms with van der Waals surface area (Å²) in [5, 5.41) is 0. The molecule has 0 unspecified atom stereocenters. The van der Waals surface area contributed by atoms with Gasteiger partial charge in [-0.25, -0.2) is 0 Å². The Bertz CT molecular complexity index is 567. The van der Waals surface area contributed by atoms with Crippen molar-refractivity contribution in [1.82, 2.24) is 0 Å². The minimum atomic E-state index is -2.38. The Morgan fingerprint density at radius 1 is 0.774 bits per heavy atom. The molecule has 0 radical (unpaired) electrons. The Hall–Kier alpha value is -0.280. The molecule has 0 fully saturated rings. The number of thioether (sulfide) groups is 1. The van der Waals surface area contributed by atoms with Crippen molar-refractivity contribution >= 4 is 20.4 Å². The summed E-state index contributed by atoms with van der Waals surface area (Å²) in [5.41, 5.74) is 2.15. The average molecular weight is 473 g/mol. The molecule has 0 aliphatic rings. The summed E-state index contributed by atoms with van der Waals surface area (Å²) in [7, 11) is -2.38. The van der Waals surface area contributed by atoms with Crippen molar-refractivity contribution in [1.29, 1.82) is 0 Å². The summed E-state index contributed by atoms with van der Waals surface area (Å²) >= 11 is 2.15. The van der Waals surface area contributed by atoms with E-state index in [0.717, 1.165) is 5.56 Å². The molecule has 31 heavy (non-hydrogen) atoms. The molecule has 1 rings (SSSR count). The van der Waals surface area contributed by atoms with Gasteiger partial charge in [-0.3, -0.25) is 0 Å². The van der Waals surface area contributed by atoms with Gasteiger partial charge in [0.2, 0.25) is 0 Å². The second-order valence-electron chi connectivity index (χ2n) is 10.3. The molecule has 0 aliphatic carbocycles. The Morgan fingerprint density at radius 2 is 1.29 bits per heavy atom. The largest absolute Gasteiger partial charge is 0.427 e. The molecular weight excluding hydrogens is 423 g/mol. The molecule has 0 aromatic heterocycles. The van der Waals surface area contributed by atoms with Crippen molar-refractivity contribution in [2.24, 2.45) is 0 Å². The number of rotatable bonds is 12. The van der Waals surface area contributed by atoms with Crippen LogP contribution in [0.4, 0.5) is 0 Å². The first-order valence-corrected chi connectivity index (χ1v) is 14.3. The van der Waals surface area contributed by atoms with E-state index in [2.05, 4.69) is 73.2 Å². The molecule has 0 saturated carbocycles. The van der Waals surface area contributed by atoms with Gasteiger partial charge in [-0.15, -0.1) is 0 Å². The van der Waals surface area contributed by atoms with Gasteiger partial charge < -0.3 is 14.3 Å². The third-order valence-electron chi connectivity index (χ3n) is 5.12. The summed E-state index contributed by atoms with van der Waals surface area (Å²) in [5.74, 6) is 3.34. The van der Waals surface area contributed by atoms with Gasteiger partial charge in [-0.05, 0) is 46.8 Å². The molecule has 3 nitrogen and oxygen atoms in total. The SMILES string of the molecule is CC(C)(C)c1ccc(OP(O)O)c(C(C)(C)C)c1.CCCCCCSCCCCCC. The quantitative estimate of drug-likeness (QED) is 0.236. The van der Waals surface area contributed by atoms with Crippen LogP contribution >= 0.6 is 20.4 Å². The van der Waals surface area contributed by atoms with Gasteiger partial charge in [-0.1, -0.05) is 106 Å². The van der Waals surface area contributed by atoms with Crippen molar-refractivity contribution in [2.45, 2.75) is 118 Å². The molecule has 0 spiro atoms. The molecule has 182 valence electrons. The smallest absolute Gasteiger partial charge is 0.391 e. The third-order valence-corrected chi connectivity index (χ3v) is 6.63. The lowest BCUT2D eigenvalue weighted by Gasteiger charge is -2.27. The van der Waals surface area contributed by atoms with Crippen LogP contribution in [0.25, 0.3) is 0 Å².